The maximum Gasteiger partial charge on any atom is 0.416 e. The quantitative estimate of drug-likeness (QED) is 0.843. The Balaban J connectivity index is 2.20. The standard InChI is InChI=1S/C9H7F3N4S/c10-9(11,12)7-3-1-6(2-4-7)5-16-8(17)13-14-15-16/h1-4H,5H2,(H,13,15,17). The van der Waals surface area contributed by atoms with Crippen LogP contribution in [0.1, 0.15) is 11.1 Å². The number of hydrogen-bond donors (Lipinski definition) is 1. The van der Waals surface area contributed by atoms with Gasteiger partial charge in [0.2, 0.25) is 4.77 Å². The van der Waals surface area contributed by atoms with Gasteiger partial charge in [0, 0.05) is 0 Å². The lowest BCUT2D eigenvalue weighted by molar-refractivity contribution is -0.137. The lowest BCUT2D eigenvalue weighted by Gasteiger charge is -2.07. The first-order valence-electron chi connectivity index (χ1n) is 4.61. The third kappa shape index (κ3) is 2.70. The van der Waals surface area contributed by atoms with E-state index in [0.717, 1.165) is 12.1 Å². The third-order valence-corrected chi connectivity index (χ3v) is 2.46. The second kappa shape index (κ2) is 4.28. The van der Waals surface area contributed by atoms with Crippen LogP contribution in [0.5, 0.6) is 0 Å². The molecule has 0 aliphatic carbocycles. The summed E-state index contributed by atoms with van der Waals surface area (Å²) in [7, 11) is 0. The molecule has 1 aromatic heterocycles. The van der Waals surface area contributed by atoms with Crippen LogP contribution < -0.4 is 0 Å². The van der Waals surface area contributed by atoms with Crippen LogP contribution >= 0.6 is 12.2 Å². The van der Waals surface area contributed by atoms with E-state index in [2.05, 4.69) is 15.5 Å². The van der Waals surface area contributed by atoms with E-state index in [4.69, 9.17) is 12.2 Å². The van der Waals surface area contributed by atoms with E-state index in [1.165, 1.54) is 16.8 Å². The van der Waals surface area contributed by atoms with Crippen molar-refractivity contribution in [3.05, 3.63) is 40.2 Å². The third-order valence-electron chi connectivity index (χ3n) is 2.15. The average Bonchev–Trinajstić information content (AvgIpc) is 2.64. The number of tetrazole rings is 1. The lowest BCUT2D eigenvalue weighted by Crippen LogP contribution is -2.06. The van der Waals surface area contributed by atoms with Crippen LogP contribution in [0.4, 0.5) is 13.2 Å². The molecule has 0 bridgehead atoms. The summed E-state index contributed by atoms with van der Waals surface area (Å²) in [5, 5.41) is 9.57. The molecule has 0 aliphatic heterocycles. The molecule has 0 fully saturated rings. The van der Waals surface area contributed by atoms with Gasteiger partial charge < -0.3 is 0 Å². The van der Waals surface area contributed by atoms with E-state index in [1.807, 2.05) is 0 Å². The highest BCUT2D eigenvalue weighted by atomic mass is 32.1. The van der Waals surface area contributed by atoms with Gasteiger partial charge in [-0.2, -0.15) is 18.4 Å². The number of rotatable bonds is 2. The molecular formula is C9H7F3N4S. The molecule has 90 valence electrons. The summed E-state index contributed by atoms with van der Waals surface area (Å²) in [4.78, 5) is 0. The normalized spacial score (nSPS) is 11.7. The number of nitrogens with one attached hydrogen (secondary N) is 1. The summed E-state index contributed by atoms with van der Waals surface area (Å²) in [6.07, 6.45) is -4.32. The first kappa shape index (κ1) is 11.8. The van der Waals surface area contributed by atoms with Crippen molar-refractivity contribution >= 4 is 12.2 Å². The molecule has 0 saturated carbocycles. The molecule has 0 aliphatic rings. The molecule has 1 N–H and O–H groups in total. The number of benzene rings is 1. The molecule has 2 rings (SSSR count). The Hall–Kier alpha value is -1.70. The number of alkyl halides is 3. The van der Waals surface area contributed by atoms with Crippen LogP contribution in [0.25, 0.3) is 0 Å². The zero-order chi connectivity index (χ0) is 12.5. The Morgan fingerprint density at radius 3 is 2.35 bits per heavy atom. The van der Waals surface area contributed by atoms with Gasteiger partial charge in [-0.25, -0.2) is 4.68 Å². The van der Waals surface area contributed by atoms with Crippen molar-refractivity contribution in [3.63, 3.8) is 0 Å². The van der Waals surface area contributed by atoms with E-state index >= 15 is 0 Å². The van der Waals surface area contributed by atoms with Crippen molar-refractivity contribution < 1.29 is 13.2 Å². The van der Waals surface area contributed by atoms with E-state index in [1.54, 1.807) is 0 Å². The predicted molar refractivity (Wildman–Crippen MR) is 55.8 cm³/mol. The molecule has 0 unspecified atom stereocenters. The van der Waals surface area contributed by atoms with Crippen LogP contribution in [-0.4, -0.2) is 20.2 Å². The molecule has 4 nitrogen and oxygen atoms in total. The fourth-order valence-corrected chi connectivity index (χ4v) is 1.45. The van der Waals surface area contributed by atoms with Gasteiger partial charge in [-0.05, 0) is 29.9 Å². The first-order valence-corrected chi connectivity index (χ1v) is 5.01. The second-order valence-electron chi connectivity index (χ2n) is 3.36. The molecule has 8 heteroatoms. The predicted octanol–water partition coefficient (Wildman–Crippen LogP) is 2.40. The zero-order valence-corrected chi connectivity index (χ0v) is 9.22. The molecule has 17 heavy (non-hydrogen) atoms. The van der Waals surface area contributed by atoms with Gasteiger partial charge in [-0.15, -0.1) is 0 Å². The number of hydrogen-bond acceptors (Lipinski definition) is 3. The highest BCUT2D eigenvalue weighted by Crippen LogP contribution is 2.29. The van der Waals surface area contributed by atoms with Crippen LogP contribution in [0, 0.1) is 4.77 Å². The summed E-state index contributed by atoms with van der Waals surface area (Å²) in [6.45, 7) is 0.309. The summed E-state index contributed by atoms with van der Waals surface area (Å²) < 4.78 is 38.6. The molecule has 0 radical (unpaired) electrons. The zero-order valence-electron chi connectivity index (χ0n) is 8.40. The van der Waals surface area contributed by atoms with Crippen molar-refractivity contribution in [1.82, 2.24) is 20.2 Å². The monoisotopic (exact) mass is 260 g/mol. The van der Waals surface area contributed by atoms with Gasteiger partial charge >= 0.3 is 6.18 Å². The largest absolute Gasteiger partial charge is 0.416 e. The average molecular weight is 260 g/mol. The topological polar surface area (TPSA) is 46.5 Å². The van der Waals surface area contributed by atoms with Crippen molar-refractivity contribution in [2.75, 3.05) is 0 Å². The minimum atomic E-state index is -4.32. The molecule has 2 aromatic rings. The second-order valence-corrected chi connectivity index (χ2v) is 3.73. The van der Waals surface area contributed by atoms with Gasteiger partial charge in [0.1, 0.15) is 0 Å². The fraction of sp³-hybridized carbons (Fsp3) is 0.222. The number of aromatic nitrogens is 4. The van der Waals surface area contributed by atoms with Crippen molar-refractivity contribution in [3.8, 4) is 0 Å². The van der Waals surface area contributed by atoms with E-state index in [9.17, 15) is 13.2 Å². The Morgan fingerprint density at radius 1 is 1.24 bits per heavy atom. The van der Waals surface area contributed by atoms with Crippen LogP contribution in [0.2, 0.25) is 0 Å². The minimum Gasteiger partial charge on any atom is -0.238 e. The summed E-state index contributed by atoms with van der Waals surface area (Å²) in [5.41, 5.74) is 0.00716. The molecule has 0 spiro atoms. The molecule has 1 aromatic carbocycles. The smallest absolute Gasteiger partial charge is 0.238 e. The van der Waals surface area contributed by atoms with Gasteiger partial charge in [0.25, 0.3) is 0 Å². The SMILES string of the molecule is FC(F)(F)c1ccc(Cn2[nH]nnc2=S)cc1. The Labute approximate surface area is 99.1 Å². The summed E-state index contributed by atoms with van der Waals surface area (Å²) in [6, 6.07) is 4.85. The van der Waals surface area contributed by atoms with Crippen LogP contribution in [-0.2, 0) is 12.7 Å². The van der Waals surface area contributed by atoms with E-state index < -0.39 is 11.7 Å². The van der Waals surface area contributed by atoms with Crippen LogP contribution in [0.3, 0.4) is 0 Å². The summed E-state index contributed by atoms with van der Waals surface area (Å²) in [5.74, 6) is 0. The molecule has 0 amide bonds. The first-order chi connectivity index (χ1) is 7.97. The highest BCUT2D eigenvalue weighted by molar-refractivity contribution is 7.71. The summed E-state index contributed by atoms with van der Waals surface area (Å²) >= 11 is 4.85. The maximum atomic E-state index is 12.3. The van der Waals surface area contributed by atoms with Gasteiger partial charge in [0.05, 0.1) is 12.1 Å². The van der Waals surface area contributed by atoms with Crippen molar-refractivity contribution in [2.24, 2.45) is 0 Å². The van der Waals surface area contributed by atoms with Crippen molar-refractivity contribution in [1.29, 1.82) is 0 Å². The Morgan fingerprint density at radius 2 is 1.88 bits per heavy atom. The van der Waals surface area contributed by atoms with Crippen molar-refractivity contribution in [2.45, 2.75) is 12.7 Å². The molecular weight excluding hydrogens is 253 g/mol. The maximum absolute atomic E-state index is 12.3. The minimum absolute atomic E-state index is 0.255. The van der Waals surface area contributed by atoms with E-state index in [0.29, 0.717) is 12.1 Å². The van der Waals surface area contributed by atoms with Gasteiger partial charge in [-0.3, -0.25) is 0 Å². The lowest BCUT2D eigenvalue weighted by atomic mass is 10.1. The van der Waals surface area contributed by atoms with Gasteiger partial charge in [0.15, 0.2) is 0 Å². The molecule has 0 saturated heterocycles. The highest BCUT2D eigenvalue weighted by Gasteiger charge is 2.29. The van der Waals surface area contributed by atoms with Gasteiger partial charge in [-0.1, -0.05) is 22.4 Å². The molecule has 1 heterocycles. The number of aromatic amines is 1. The number of halogens is 3. The Kier molecular flexibility index (Phi) is 2.97. The fourth-order valence-electron chi connectivity index (χ4n) is 1.30. The van der Waals surface area contributed by atoms with E-state index in [-0.39, 0.29) is 4.77 Å². The Bertz CT molecular complexity index is 555. The molecule has 0 atom stereocenters. The number of nitrogens with zero attached hydrogens (tertiary/aromatic N) is 3. The number of H-pyrrole nitrogens is 1. The van der Waals surface area contributed by atoms with Crippen LogP contribution in [0.15, 0.2) is 24.3 Å².